The molecule has 9 nitrogen and oxygen atoms in total. The van der Waals surface area contributed by atoms with Crippen molar-refractivity contribution in [2.75, 3.05) is 6.61 Å². The Morgan fingerprint density at radius 3 is 2.44 bits per heavy atom. The fraction of sp³-hybridized carbons (Fsp3) is 0.370. The van der Waals surface area contributed by atoms with Gasteiger partial charge in [0.15, 0.2) is 17.2 Å². The number of ether oxygens (including phenoxy) is 1. The average Bonchev–Trinajstić information content (AvgIpc) is 2.82. The summed E-state index contributed by atoms with van der Waals surface area (Å²) in [6, 6.07) is 10.4. The Morgan fingerprint density at radius 1 is 1.11 bits per heavy atom. The zero-order valence-electron chi connectivity index (χ0n) is 19.6. The van der Waals surface area contributed by atoms with E-state index in [1.54, 1.807) is 6.07 Å². The SMILES string of the molecule is CCOc1ccc(-c2ccc(O)c3c2C[C@H]2C[C@H]4CC(O)C(C(N)=O)C(=O)[C@@]4(O)C(O)=C2C3=O)cc1. The van der Waals surface area contributed by atoms with E-state index < -0.39 is 52.7 Å². The highest BCUT2D eigenvalue weighted by atomic mass is 16.5. The van der Waals surface area contributed by atoms with Gasteiger partial charge in [0.2, 0.25) is 5.91 Å². The molecule has 0 spiro atoms. The summed E-state index contributed by atoms with van der Waals surface area (Å²) in [6.45, 7) is 2.40. The van der Waals surface area contributed by atoms with E-state index in [1.165, 1.54) is 6.07 Å². The van der Waals surface area contributed by atoms with E-state index in [0.717, 1.165) is 11.1 Å². The number of nitrogens with two attached hydrogens (primary N) is 1. The summed E-state index contributed by atoms with van der Waals surface area (Å²) in [4.78, 5) is 38.5. The van der Waals surface area contributed by atoms with Crippen molar-refractivity contribution in [2.24, 2.45) is 23.5 Å². The molecule has 2 unspecified atom stereocenters. The first-order valence-electron chi connectivity index (χ1n) is 11.9. The van der Waals surface area contributed by atoms with Crippen LogP contribution in [0.4, 0.5) is 0 Å². The highest BCUT2D eigenvalue weighted by molar-refractivity contribution is 6.16. The number of carbonyl (C=O) groups excluding carboxylic acids is 3. The lowest BCUT2D eigenvalue weighted by atomic mass is 9.57. The molecule has 0 aromatic heterocycles. The summed E-state index contributed by atoms with van der Waals surface area (Å²) in [6.07, 6.45) is -1.16. The van der Waals surface area contributed by atoms with Crippen LogP contribution in [-0.4, -0.2) is 56.2 Å². The lowest BCUT2D eigenvalue weighted by molar-refractivity contribution is -0.167. The normalized spacial score (nSPS) is 29.3. The van der Waals surface area contributed by atoms with Gasteiger partial charge < -0.3 is 30.9 Å². The third kappa shape index (κ3) is 3.34. The Hall–Kier alpha value is -3.69. The van der Waals surface area contributed by atoms with E-state index >= 15 is 0 Å². The molecule has 0 radical (unpaired) electrons. The number of ketones is 2. The highest BCUT2D eigenvalue weighted by Gasteiger charge is 2.62. The molecule has 1 fully saturated rings. The van der Waals surface area contributed by atoms with Crippen LogP contribution in [-0.2, 0) is 16.0 Å². The van der Waals surface area contributed by atoms with Crippen LogP contribution in [0.25, 0.3) is 11.1 Å². The Kier molecular flexibility index (Phi) is 5.65. The van der Waals surface area contributed by atoms with Gasteiger partial charge in [0, 0.05) is 11.5 Å². The van der Waals surface area contributed by atoms with Crippen molar-refractivity contribution in [1.82, 2.24) is 0 Å². The predicted molar refractivity (Wildman–Crippen MR) is 127 cm³/mol. The molecule has 188 valence electrons. The molecule has 9 heteroatoms. The molecule has 0 bridgehead atoms. The van der Waals surface area contributed by atoms with Gasteiger partial charge in [0.05, 0.1) is 18.3 Å². The van der Waals surface area contributed by atoms with Gasteiger partial charge in [-0.3, -0.25) is 14.4 Å². The largest absolute Gasteiger partial charge is 0.508 e. The Morgan fingerprint density at radius 2 is 1.81 bits per heavy atom. The summed E-state index contributed by atoms with van der Waals surface area (Å²) < 4.78 is 5.50. The number of phenolic OH excluding ortho intramolecular Hbond substituents is 1. The number of aromatic hydroxyl groups is 1. The van der Waals surface area contributed by atoms with E-state index in [2.05, 4.69) is 0 Å². The van der Waals surface area contributed by atoms with Gasteiger partial charge in [-0.25, -0.2) is 0 Å². The van der Waals surface area contributed by atoms with Crippen LogP contribution >= 0.6 is 0 Å². The van der Waals surface area contributed by atoms with E-state index in [1.807, 2.05) is 31.2 Å². The lowest BCUT2D eigenvalue weighted by Crippen LogP contribution is -2.63. The van der Waals surface area contributed by atoms with Gasteiger partial charge in [-0.2, -0.15) is 0 Å². The van der Waals surface area contributed by atoms with Crippen LogP contribution in [0.5, 0.6) is 11.5 Å². The number of rotatable bonds is 4. The molecule has 6 N–H and O–H groups in total. The van der Waals surface area contributed by atoms with Crippen molar-refractivity contribution in [1.29, 1.82) is 0 Å². The van der Waals surface area contributed by atoms with Crippen molar-refractivity contribution in [3.63, 3.8) is 0 Å². The number of fused-ring (bicyclic) bond motifs is 3. The molecule has 5 rings (SSSR count). The topological polar surface area (TPSA) is 167 Å². The summed E-state index contributed by atoms with van der Waals surface area (Å²) in [5, 5.41) is 43.5. The second-order valence-corrected chi connectivity index (χ2v) is 9.68. The predicted octanol–water partition coefficient (Wildman–Crippen LogP) is 1.81. The first-order chi connectivity index (χ1) is 17.1. The van der Waals surface area contributed by atoms with Gasteiger partial charge in [-0.05, 0) is 67.0 Å². The maximum absolute atomic E-state index is 13.6. The Labute approximate surface area is 206 Å². The molecule has 2 aromatic rings. The quantitative estimate of drug-likeness (QED) is 0.402. The van der Waals surface area contributed by atoms with Gasteiger partial charge in [-0.1, -0.05) is 18.2 Å². The van der Waals surface area contributed by atoms with Crippen LogP contribution in [0, 0.1) is 17.8 Å². The van der Waals surface area contributed by atoms with Crippen molar-refractivity contribution in [3.05, 3.63) is 58.9 Å². The van der Waals surface area contributed by atoms with Crippen molar-refractivity contribution in [3.8, 4) is 22.6 Å². The average molecular weight is 494 g/mol. The number of hydrogen-bond acceptors (Lipinski definition) is 8. The summed E-state index contributed by atoms with van der Waals surface area (Å²) in [5.74, 6) is -6.51. The second kappa shape index (κ2) is 8.46. The molecule has 3 aliphatic rings. The third-order valence-corrected chi connectivity index (χ3v) is 7.75. The molecule has 1 amide bonds. The fourth-order valence-corrected chi connectivity index (χ4v) is 6.09. The number of phenols is 1. The fourth-order valence-electron chi connectivity index (χ4n) is 6.09. The molecule has 0 saturated heterocycles. The number of aliphatic hydroxyl groups excluding tert-OH is 2. The standard InChI is InChI=1S/C27H27NO8/c1-2-36-15-5-3-12(4-6-15)16-7-8-18(29)21-17(16)10-13-9-14-11-19(30)22(26(28)34)25(33)27(14,35)24(32)20(13)23(21)31/h3-8,13-14,19,22,29-30,32,35H,2,9-11H2,1H3,(H2,28,34)/t13-,14+,19?,22?,27+/m1/s1. The van der Waals surface area contributed by atoms with E-state index in [4.69, 9.17) is 10.5 Å². The minimum Gasteiger partial charge on any atom is -0.508 e. The molecule has 0 heterocycles. The lowest BCUT2D eigenvalue weighted by Gasteiger charge is -2.48. The summed E-state index contributed by atoms with van der Waals surface area (Å²) >= 11 is 0. The first-order valence-corrected chi connectivity index (χ1v) is 11.9. The van der Waals surface area contributed by atoms with Gasteiger partial charge in [0.1, 0.15) is 23.2 Å². The number of amides is 1. The number of aliphatic hydroxyl groups is 3. The zero-order valence-corrected chi connectivity index (χ0v) is 19.6. The summed E-state index contributed by atoms with van der Waals surface area (Å²) in [7, 11) is 0. The number of primary amides is 1. The number of hydrogen-bond donors (Lipinski definition) is 5. The first kappa shape index (κ1) is 24.0. The maximum atomic E-state index is 13.6. The second-order valence-electron chi connectivity index (χ2n) is 9.68. The zero-order chi connectivity index (χ0) is 25.9. The summed E-state index contributed by atoms with van der Waals surface area (Å²) in [5.41, 5.74) is 4.73. The van der Waals surface area contributed by atoms with Crippen molar-refractivity contribution in [2.45, 2.75) is 37.9 Å². The van der Waals surface area contributed by atoms with E-state index in [9.17, 15) is 34.8 Å². The van der Waals surface area contributed by atoms with Crippen LogP contribution < -0.4 is 10.5 Å². The number of carbonyl (C=O) groups is 3. The highest BCUT2D eigenvalue weighted by Crippen LogP contribution is 2.52. The van der Waals surface area contributed by atoms with Gasteiger partial charge >= 0.3 is 0 Å². The number of benzene rings is 2. The van der Waals surface area contributed by atoms with Crippen LogP contribution in [0.2, 0.25) is 0 Å². The van der Waals surface area contributed by atoms with Crippen molar-refractivity contribution >= 4 is 17.5 Å². The number of allylic oxidation sites excluding steroid dienone is 1. The number of Topliss-reactive ketones (excluding diaryl/α,β-unsaturated/α-hetero) is 2. The molecule has 3 aliphatic carbocycles. The minimum atomic E-state index is -2.51. The van der Waals surface area contributed by atoms with Crippen molar-refractivity contribution < 1.29 is 39.5 Å². The molecule has 2 aromatic carbocycles. The molecular weight excluding hydrogens is 466 g/mol. The van der Waals surface area contributed by atoms with Crippen LogP contribution in [0.3, 0.4) is 0 Å². The Balaban J connectivity index is 1.62. The van der Waals surface area contributed by atoms with Crippen LogP contribution in [0.1, 0.15) is 35.7 Å². The minimum absolute atomic E-state index is 0.00372. The maximum Gasteiger partial charge on any atom is 0.230 e. The van der Waals surface area contributed by atoms with Crippen LogP contribution in [0.15, 0.2) is 47.7 Å². The molecule has 1 saturated carbocycles. The molecule has 36 heavy (non-hydrogen) atoms. The van der Waals surface area contributed by atoms with Gasteiger partial charge in [-0.15, -0.1) is 0 Å². The Bertz CT molecular complexity index is 1310. The van der Waals surface area contributed by atoms with Gasteiger partial charge in [0.25, 0.3) is 0 Å². The molecule has 5 atom stereocenters. The monoisotopic (exact) mass is 493 g/mol. The van der Waals surface area contributed by atoms with E-state index in [0.29, 0.717) is 17.9 Å². The third-order valence-electron chi connectivity index (χ3n) is 7.75. The molecule has 0 aliphatic heterocycles. The van der Waals surface area contributed by atoms with E-state index in [-0.39, 0.29) is 36.1 Å². The smallest absolute Gasteiger partial charge is 0.230 e. The molecular formula is C27H27NO8.